The highest BCUT2D eigenvalue weighted by atomic mass is 32.2. The third-order valence-electron chi connectivity index (χ3n) is 7.52. The van der Waals surface area contributed by atoms with Gasteiger partial charge in [0.15, 0.2) is 0 Å². The van der Waals surface area contributed by atoms with E-state index in [2.05, 4.69) is 51.7 Å². The van der Waals surface area contributed by atoms with Crippen LogP contribution in [0, 0.1) is 24.2 Å². The number of hydrogen-bond acceptors (Lipinski definition) is 8. The van der Waals surface area contributed by atoms with E-state index in [9.17, 15) is 15.2 Å². The summed E-state index contributed by atoms with van der Waals surface area (Å²) in [5.41, 5.74) is 5.87. The number of para-hydroxylation sites is 1. The molecule has 0 aromatic heterocycles. The lowest BCUT2D eigenvalue weighted by atomic mass is 9.97. The highest BCUT2D eigenvalue weighted by molar-refractivity contribution is 8.03. The average Bonchev–Trinajstić information content (AvgIpc) is 3.43. The largest absolute Gasteiger partial charge is 0.487 e. The molecule has 2 fully saturated rings. The Balaban J connectivity index is 1.25. The van der Waals surface area contributed by atoms with Crippen LogP contribution in [-0.4, -0.2) is 65.8 Å². The van der Waals surface area contributed by atoms with Crippen molar-refractivity contribution in [2.75, 3.05) is 39.4 Å². The zero-order chi connectivity index (χ0) is 26.5. The molecule has 38 heavy (non-hydrogen) atoms. The molecule has 3 heterocycles. The Bertz CT molecular complexity index is 1230. The van der Waals surface area contributed by atoms with E-state index < -0.39 is 5.97 Å². The number of rotatable bonds is 8. The monoisotopic (exact) mass is 534 g/mol. The summed E-state index contributed by atoms with van der Waals surface area (Å²) in [5.74, 6) is -0.377. The smallest absolute Gasteiger partial charge is 0.306 e. The van der Waals surface area contributed by atoms with Crippen LogP contribution in [0.2, 0.25) is 0 Å². The van der Waals surface area contributed by atoms with Gasteiger partial charge in [-0.3, -0.25) is 14.6 Å². The van der Waals surface area contributed by atoms with Crippen molar-refractivity contribution in [3.63, 3.8) is 0 Å². The summed E-state index contributed by atoms with van der Waals surface area (Å²) < 4.78 is 11.8. The van der Waals surface area contributed by atoms with Crippen molar-refractivity contribution in [1.29, 1.82) is 5.26 Å². The molecule has 9 heteroatoms. The molecule has 200 valence electrons. The van der Waals surface area contributed by atoms with Gasteiger partial charge in [0.1, 0.15) is 23.9 Å². The van der Waals surface area contributed by atoms with Crippen LogP contribution >= 0.6 is 11.8 Å². The minimum Gasteiger partial charge on any atom is -0.487 e. The van der Waals surface area contributed by atoms with Gasteiger partial charge in [0, 0.05) is 38.3 Å². The van der Waals surface area contributed by atoms with Gasteiger partial charge >= 0.3 is 5.97 Å². The number of thioether (sulfide) groups is 1. The van der Waals surface area contributed by atoms with Gasteiger partial charge < -0.3 is 19.9 Å². The van der Waals surface area contributed by atoms with Gasteiger partial charge in [-0.15, -0.1) is 0 Å². The summed E-state index contributed by atoms with van der Waals surface area (Å²) in [6, 6.07) is 14.4. The summed E-state index contributed by atoms with van der Waals surface area (Å²) in [5, 5.41) is 24.7. The van der Waals surface area contributed by atoms with Gasteiger partial charge in [-0.2, -0.15) is 5.26 Å². The normalized spacial score (nSPS) is 20.9. The van der Waals surface area contributed by atoms with Gasteiger partial charge in [0.05, 0.1) is 30.4 Å². The number of aliphatic carboxylic acids is 1. The maximum Gasteiger partial charge on any atom is 0.306 e. The van der Waals surface area contributed by atoms with E-state index in [-0.39, 0.29) is 11.4 Å². The Morgan fingerprint density at radius 2 is 2.00 bits per heavy atom. The van der Waals surface area contributed by atoms with Crippen molar-refractivity contribution in [2.24, 2.45) is 5.92 Å². The standard InChI is InChI=1S/C29H34N4O4S/c1-20-15-21(17-32-11-13-36-14-12-32)5-6-24(20)18-37-27-23(16-30)3-2-4-25(27)26-19-38-29(31-26)33-9-7-22(8-10-33)28(34)35/h2-6,15,19,22,29,31H,7-14,17-18H2,1H3,(H,34,35). The Morgan fingerprint density at radius 3 is 2.71 bits per heavy atom. The van der Waals surface area contributed by atoms with Crippen LogP contribution in [0.5, 0.6) is 5.75 Å². The number of nitriles is 1. The predicted octanol–water partition coefficient (Wildman–Crippen LogP) is 3.99. The molecule has 0 bridgehead atoms. The van der Waals surface area contributed by atoms with E-state index in [1.54, 1.807) is 17.8 Å². The number of aryl methyl sites for hydroxylation is 1. The number of hydrogen-bond donors (Lipinski definition) is 2. The second-order valence-corrected chi connectivity index (χ2v) is 11.0. The zero-order valence-corrected chi connectivity index (χ0v) is 22.5. The summed E-state index contributed by atoms with van der Waals surface area (Å²) in [6.07, 6.45) is 1.32. The van der Waals surface area contributed by atoms with Crippen molar-refractivity contribution in [1.82, 2.24) is 15.1 Å². The van der Waals surface area contributed by atoms with E-state index in [0.717, 1.165) is 62.8 Å². The molecule has 0 aliphatic carbocycles. The Hall–Kier alpha value is -3.03. The van der Waals surface area contributed by atoms with Gasteiger partial charge in [0.25, 0.3) is 0 Å². The number of carboxylic acids is 1. The molecule has 2 aromatic carbocycles. The highest BCUT2D eigenvalue weighted by Gasteiger charge is 2.31. The molecule has 5 rings (SSSR count). The first-order chi connectivity index (χ1) is 18.5. The molecule has 1 atom stereocenters. The first-order valence-electron chi connectivity index (χ1n) is 13.2. The molecule has 8 nitrogen and oxygen atoms in total. The molecule has 0 spiro atoms. The predicted molar refractivity (Wildman–Crippen MR) is 147 cm³/mol. The fraction of sp³-hybridized carbons (Fsp3) is 0.448. The van der Waals surface area contributed by atoms with E-state index in [4.69, 9.17) is 9.47 Å². The summed E-state index contributed by atoms with van der Waals surface area (Å²) in [4.78, 5) is 16.0. The van der Waals surface area contributed by atoms with Gasteiger partial charge in [-0.1, -0.05) is 36.0 Å². The fourth-order valence-electron chi connectivity index (χ4n) is 5.21. The topological polar surface area (TPSA) is 98.1 Å². The second-order valence-electron chi connectivity index (χ2n) is 10.0. The van der Waals surface area contributed by atoms with E-state index in [0.29, 0.717) is 30.8 Å². The van der Waals surface area contributed by atoms with Crippen molar-refractivity contribution in [2.45, 2.75) is 38.4 Å². The minimum atomic E-state index is -0.701. The Morgan fingerprint density at radius 1 is 1.21 bits per heavy atom. The number of likely N-dealkylation sites (tertiary alicyclic amines) is 1. The Labute approximate surface area is 228 Å². The summed E-state index contributed by atoms with van der Waals surface area (Å²) in [6.45, 7) is 8.38. The Kier molecular flexibility index (Phi) is 8.55. The van der Waals surface area contributed by atoms with Gasteiger partial charge in [-0.05, 0) is 54.0 Å². The first-order valence-corrected chi connectivity index (χ1v) is 14.1. The van der Waals surface area contributed by atoms with E-state index in [1.165, 1.54) is 11.1 Å². The van der Waals surface area contributed by atoms with Crippen LogP contribution in [0.4, 0.5) is 0 Å². The molecule has 2 aromatic rings. The van der Waals surface area contributed by atoms with Crippen LogP contribution in [0.15, 0.2) is 41.8 Å². The van der Waals surface area contributed by atoms with Crippen molar-refractivity contribution < 1.29 is 19.4 Å². The van der Waals surface area contributed by atoms with Gasteiger partial charge in [-0.25, -0.2) is 0 Å². The van der Waals surface area contributed by atoms with Crippen LogP contribution in [0.1, 0.15) is 40.7 Å². The summed E-state index contributed by atoms with van der Waals surface area (Å²) >= 11 is 1.67. The average molecular weight is 535 g/mol. The lowest BCUT2D eigenvalue weighted by Gasteiger charge is -2.34. The molecule has 2 saturated heterocycles. The first kappa shape index (κ1) is 26.6. The van der Waals surface area contributed by atoms with Crippen molar-refractivity contribution >= 4 is 23.4 Å². The lowest BCUT2D eigenvalue weighted by molar-refractivity contribution is -0.143. The molecule has 2 N–H and O–H groups in total. The molecular formula is C29H34N4O4S. The molecule has 0 saturated carbocycles. The number of ether oxygens (including phenoxy) is 2. The van der Waals surface area contributed by atoms with E-state index in [1.807, 2.05) is 12.1 Å². The second kappa shape index (κ2) is 12.2. The van der Waals surface area contributed by atoms with Crippen LogP contribution in [-0.2, 0) is 22.7 Å². The third-order valence-corrected chi connectivity index (χ3v) is 8.56. The minimum absolute atomic E-state index is 0.0413. The summed E-state index contributed by atoms with van der Waals surface area (Å²) in [7, 11) is 0. The molecule has 0 radical (unpaired) electrons. The van der Waals surface area contributed by atoms with Crippen molar-refractivity contribution in [3.05, 3.63) is 69.6 Å². The van der Waals surface area contributed by atoms with E-state index >= 15 is 0 Å². The van der Waals surface area contributed by atoms with Gasteiger partial charge in [0.2, 0.25) is 0 Å². The number of benzene rings is 2. The number of morpholine rings is 1. The number of piperidine rings is 1. The fourth-order valence-corrected chi connectivity index (χ4v) is 6.25. The molecule has 0 amide bonds. The molecule has 1 unspecified atom stereocenters. The molecule has 3 aliphatic heterocycles. The quantitative estimate of drug-likeness (QED) is 0.521. The van der Waals surface area contributed by atoms with Crippen molar-refractivity contribution in [3.8, 4) is 11.8 Å². The number of nitrogens with zero attached hydrogens (tertiary/aromatic N) is 3. The highest BCUT2D eigenvalue weighted by Crippen LogP contribution is 2.37. The third kappa shape index (κ3) is 6.16. The maximum absolute atomic E-state index is 11.3. The zero-order valence-electron chi connectivity index (χ0n) is 21.7. The number of carboxylic acid groups (broad SMARTS) is 1. The SMILES string of the molecule is Cc1cc(CN2CCOCC2)ccc1COc1c(C#N)cccc1C1=CSC(N2CCC(C(=O)O)CC2)N1. The van der Waals surface area contributed by atoms with Crippen LogP contribution in [0.3, 0.4) is 0 Å². The van der Waals surface area contributed by atoms with Crippen LogP contribution < -0.4 is 10.1 Å². The number of nitrogens with one attached hydrogen (secondary N) is 1. The molecule has 3 aliphatic rings. The maximum atomic E-state index is 11.3. The molecular weight excluding hydrogens is 500 g/mol. The van der Waals surface area contributed by atoms with Crippen LogP contribution in [0.25, 0.3) is 5.70 Å². The lowest BCUT2D eigenvalue weighted by Crippen LogP contribution is -2.45. The number of carbonyl (C=O) groups is 1.